The van der Waals surface area contributed by atoms with E-state index in [4.69, 9.17) is 11.2 Å². The van der Waals surface area contributed by atoms with Crippen molar-refractivity contribution in [2.45, 2.75) is 19.9 Å². The van der Waals surface area contributed by atoms with Crippen LogP contribution in [0.3, 0.4) is 0 Å². The van der Waals surface area contributed by atoms with Gasteiger partial charge in [0, 0.05) is 19.6 Å². The van der Waals surface area contributed by atoms with Crippen molar-refractivity contribution >= 4 is 6.09 Å². The third-order valence-corrected chi connectivity index (χ3v) is 3.33. The average molecular weight is 274 g/mol. The molecule has 0 radical (unpaired) electrons. The average Bonchev–Trinajstić information content (AvgIpc) is 2.46. The zero-order chi connectivity index (χ0) is 15.1. The lowest BCUT2D eigenvalue weighted by molar-refractivity contribution is 0.165. The molecule has 0 aliphatic rings. The van der Waals surface area contributed by atoms with Crippen LogP contribution in [0.5, 0.6) is 5.75 Å². The number of ether oxygens (including phenoxy) is 1. The second-order valence-corrected chi connectivity index (χ2v) is 4.75. The molecule has 0 unspecified atom stereocenters. The Morgan fingerprint density at radius 3 is 2.75 bits per heavy atom. The van der Waals surface area contributed by atoms with E-state index in [0.29, 0.717) is 18.8 Å². The third kappa shape index (κ3) is 4.29. The molecule has 0 aliphatic heterocycles. The van der Waals surface area contributed by atoms with Gasteiger partial charge in [0.15, 0.2) is 0 Å². The fourth-order valence-electron chi connectivity index (χ4n) is 1.68. The van der Waals surface area contributed by atoms with Crippen LogP contribution in [0.15, 0.2) is 24.3 Å². The van der Waals surface area contributed by atoms with Gasteiger partial charge in [0.1, 0.15) is 5.75 Å². The van der Waals surface area contributed by atoms with E-state index >= 15 is 0 Å². The van der Waals surface area contributed by atoms with Gasteiger partial charge in [-0.1, -0.05) is 18.1 Å². The van der Waals surface area contributed by atoms with E-state index < -0.39 is 0 Å². The number of carbonyl (C=O) groups excluding carboxylic acids is 1. The standard InChI is InChI=1S/C16H22N2O2/c1-6-11-18(5)13(3)14-9-8-10-15(12-14)20-16(19)17(4)7-2/h1,8-10,12-13H,7,11H2,2-5H3/t13-/m0/s1. The van der Waals surface area contributed by atoms with Gasteiger partial charge in [-0.2, -0.15) is 0 Å². The maximum Gasteiger partial charge on any atom is 0.414 e. The van der Waals surface area contributed by atoms with E-state index in [1.165, 1.54) is 4.90 Å². The quantitative estimate of drug-likeness (QED) is 0.774. The smallest absolute Gasteiger partial charge is 0.410 e. The molecule has 1 aromatic rings. The lowest BCUT2D eigenvalue weighted by Gasteiger charge is -2.23. The number of rotatable bonds is 5. The first-order chi connectivity index (χ1) is 9.49. The SMILES string of the molecule is C#CCN(C)[C@@H](C)c1cccc(OC(=O)N(C)CC)c1. The number of benzene rings is 1. The van der Waals surface area contributed by atoms with Crippen LogP contribution < -0.4 is 4.74 Å². The van der Waals surface area contributed by atoms with Gasteiger partial charge < -0.3 is 9.64 Å². The van der Waals surface area contributed by atoms with Gasteiger partial charge in [0.2, 0.25) is 0 Å². The zero-order valence-corrected chi connectivity index (χ0v) is 12.6. The van der Waals surface area contributed by atoms with Crippen molar-refractivity contribution in [3.8, 4) is 18.1 Å². The van der Waals surface area contributed by atoms with Crippen molar-refractivity contribution < 1.29 is 9.53 Å². The van der Waals surface area contributed by atoms with Crippen molar-refractivity contribution in [3.05, 3.63) is 29.8 Å². The molecule has 0 N–H and O–H groups in total. The second kappa shape index (κ2) is 7.56. The predicted octanol–water partition coefficient (Wildman–Crippen LogP) is 2.76. The topological polar surface area (TPSA) is 32.8 Å². The highest BCUT2D eigenvalue weighted by Crippen LogP contribution is 2.23. The van der Waals surface area contributed by atoms with Crippen LogP contribution in [-0.2, 0) is 0 Å². The molecule has 0 saturated carbocycles. The molecule has 0 bridgehead atoms. The summed E-state index contributed by atoms with van der Waals surface area (Å²) in [5, 5.41) is 0. The van der Waals surface area contributed by atoms with Gasteiger partial charge in [-0.15, -0.1) is 6.42 Å². The van der Waals surface area contributed by atoms with E-state index in [0.717, 1.165) is 5.56 Å². The van der Waals surface area contributed by atoms with Crippen LogP contribution in [0, 0.1) is 12.3 Å². The Bertz CT molecular complexity index is 493. The summed E-state index contributed by atoms with van der Waals surface area (Å²) in [6, 6.07) is 7.69. The molecule has 0 spiro atoms. The lowest BCUT2D eigenvalue weighted by atomic mass is 10.1. The van der Waals surface area contributed by atoms with Gasteiger partial charge >= 0.3 is 6.09 Å². The van der Waals surface area contributed by atoms with Crippen LogP contribution in [0.4, 0.5) is 4.79 Å². The summed E-state index contributed by atoms with van der Waals surface area (Å²) >= 11 is 0. The summed E-state index contributed by atoms with van der Waals surface area (Å²) in [5.41, 5.74) is 1.06. The Labute approximate surface area is 121 Å². The molecule has 4 heteroatoms. The Morgan fingerprint density at radius 1 is 1.45 bits per heavy atom. The van der Waals surface area contributed by atoms with Gasteiger partial charge in [0.05, 0.1) is 6.54 Å². The van der Waals surface area contributed by atoms with Gasteiger partial charge in [0.25, 0.3) is 0 Å². The summed E-state index contributed by atoms with van der Waals surface area (Å²) in [7, 11) is 3.67. The van der Waals surface area contributed by atoms with Gasteiger partial charge in [-0.3, -0.25) is 4.90 Å². The fraction of sp³-hybridized carbons (Fsp3) is 0.438. The third-order valence-electron chi connectivity index (χ3n) is 3.33. The van der Waals surface area contributed by atoms with E-state index in [-0.39, 0.29) is 12.1 Å². The molecule has 20 heavy (non-hydrogen) atoms. The molecule has 4 nitrogen and oxygen atoms in total. The number of terminal acetylenes is 1. The molecule has 108 valence electrons. The van der Waals surface area contributed by atoms with E-state index in [9.17, 15) is 4.79 Å². The Morgan fingerprint density at radius 2 is 2.15 bits per heavy atom. The highest BCUT2D eigenvalue weighted by Gasteiger charge is 2.13. The minimum absolute atomic E-state index is 0.161. The Kier molecular flexibility index (Phi) is 6.08. The minimum Gasteiger partial charge on any atom is -0.410 e. The van der Waals surface area contributed by atoms with Crippen molar-refractivity contribution in [3.63, 3.8) is 0 Å². The molecular formula is C16H22N2O2. The van der Waals surface area contributed by atoms with Crippen LogP contribution in [0.2, 0.25) is 0 Å². The molecule has 0 fully saturated rings. The molecule has 1 atom stereocenters. The maximum absolute atomic E-state index is 11.7. The first-order valence-corrected chi connectivity index (χ1v) is 6.66. The molecule has 1 rings (SSSR count). The van der Waals surface area contributed by atoms with E-state index in [2.05, 4.69) is 17.7 Å². The molecule has 0 aromatic heterocycles. The normalized spacial score (nSPS) is 11.8. The van der Waals surface area contributed by atoms with Crippen LogP contribution in [-0.4, -0.2) is 43.1 Å². The molecule has 1 amide bonds. The van der Waals surface area contributed by atoms with Crippen molar-refractivity contribution in [2.75, 3.05) is 27.2 Å². The maximum atomic E-state index is 11.7. The molecule has 0 heterocycles. The lowest BCUT2D eigenvalue weighted by Crippen LogP contribution is -2.29. The Hall–Kier alpha value is -1.99. The van der Waals surface area contributed by atoms with Crippen LogP contribution in [0.25, 0.3) is 0 Å². The van der Waals surface area contributed by atoms with E-state index in [1.807, 2.05) is 32.2 Å². The largest absolute Gasteiger partial charge is 0.414 e. The molecular weight excluding hydrogens is 252 g/mol. The van der Waals surface area contributed by atoms with Crippen molar-refractivity contribution in [1.29, 1.82) is 0 Å². The monoisotopic (exact) mass is 274 g/mol. The number of hydrogen-bond donors (Lipinski definition) is 0. The predicted molar refractivity (Wildman–Crippen MR) is 80.6 cm³/mol. The van der Waals surface area contributed by atoms with Gasteiger partial charge in [-0.05, 0) is 38.6 Å². The summed E-state index contributed by atoms with van der Waals surface area (Å²) in [6.07, 6.45) is 4.97. The van der Waals surface area contributed by atoms with Crippen LogP contribution in [0.1, 0.15) is 25.5 Å². The number of carbonyl (C=O) groups is 1. The summed E-state index contributed by atoms with van der Waals surface area (Å²) < 4.78 is 5.33. The highest BCUT2D eigenvalue weighted by molar-refractivity contribution is 5.70. The molecule has 0 saturated heterocycles. The van der Waals surface area contributed by atoms with E-state index in [1.54, 1.807) is 13.1 Å². The van der Waals surface area contributed by atoms with Crippen molar-refractivity contribution in [1.82, 2.24) is 9.80 Å². The first-order valence-electron chi connectivity index (χ1n) is 6.66. The first kappa shape index (κ1) is 16.1. The minimum atomic E-state index is -0.353. The Balaban J connectivity index is 2.81. The molecule has 1 aromatic carbocycles. The number of amides is 1. The summed E-state index contributed by atoms with van der Waals surface area (Å²) in [5.74, 6) is 3.17. The van der Waals surface area contributed by atoms with Gasteiger partial charge in [-0.25, -0.2) is 4.79 Å². The highest BCUT2D eigenvalue weighted by atomic mass is 16.6. The van der Waals surface area contributed by atoms with Crippen LogP contribution >= 0.6 is 0 Å². The number of hydrogen-bond acceptors (Lipinski definition) is 3. The zero-order valence-electron chi connectivity index (χ0n) is 12.6. The number of nitrogens with zero attached hydrogens (tertiary/aromatic N) is 2. The summed E-state index contributed by atoms with van der Waals surface area (Å²) in [4.78, 5) is 15.3. The molecule has 0 aliphatic carbocycles. The fourth-order valence-corrected chi connectivity index (χ4v) is 1.68. The van der Waals surface area contributed by atoms with Crippen molar-refractivity contribution in [2.24, 2.45) is 0 Å². The second-order valence-electron chi connectivity index (χ2n) is 4.75. The summed E-state index contributed by atoms with van der Waals surface area (Å²) in [6.45, 7) is 5.15.